The molecule has 2 nitrogen and oxygen atoms in total. The maximum atomic E-state index is 11.9. The summed E-state index contributed by atoms with van der Waals surface area (Å²) in [5.74, 6) is 6.30. The second-order valence-corrected chi connectivity index (χ2v) is 6.28. The quantitative estimate of drug-likeness (QED) is 0.765. The molecule has 0 bridgehead atoms. The molecule has 0 amide bonds. The molecular weight excluding hydrogens is 244 g/mol. The highest BCUT2D eigenvalue weighted by molar-refractivity contribution is 7.91. The molecule has 1 rings (SSSR count). The standard InChI is InChI=1S/C15H20O2S/c1-3-5-6-7-9-14-10-8-11-15(13-14)18(16,17)12-4-2/h8,10-11,13H,3-4,7,9,12H2,1-2H3. The van der Waals surface area contributed by atoms with Crippen LogP contribution in [0.25, 0.3) is 0 Å². The van der Waals surface area contributed by atoms with E-state index >= 15 is 0 Å². The summed E-state index contributed by atoms with van der Waals surface area (Å²) in [5.41, 5.74) is 1.04. The van der Waals surface area contributed by atoms with Crippen LogP contribution < -0.4 is 0 Å². The Balaban J connectivity index is 2.80. The number of rotatable bonds is 5. The number of sulfone groups is 1. The van der Waals surface area contributed by atoms with E-state index in [9.17, 15) is 8.42 Å². The third-order valence-electron chi connectivity index (χ3n) is 2.57. The first-order chi connectivity index (χ1) is 8.60. The van der Waals surface area contributed by atoms with E-state index in [0.717, 1.165) is 24.8 Å². The molecule has 0 heterocycles. The molecule has 98 valence electrons. The SMILES string of the molecule is CCC#CCCc1cccc(S(=O)(=O)CCC)c1. The molecule has 0 N–H and O–H groups in total. The van der Waals surface area contributed by atoms with Crippen molar-refractivity contribution in [1.29, 1.82) is 0 Å². The van der Waals surface area contributed by atoms with Gasteiger partial charge in [0.05, 0.1) is 10.6 Å². The van der Waals surface area contributed by atoms with E-state index in [-0.39, 0.29) is 5.75 Å². The van der Waals surface area contributed by atoms with Gasteiger partial charge in [0.15, 0.2) is 9.84 Å². The molecule has 0 aliphatic rings. The van der Waals surface area contributed by atoms with Crippen molar-refractivity contribution in [2.24, 2.45) is 0 Å². The van der Waals surface area contributed by atoms with Gasteiger partial charge in [0, 0.05) is 12.8 Å². The molecule has 1 aromatic carbocycles. The van der Waals surface area contributed by atoms with E-state index in [2.05, 4.69) is 11.8 Å². The lowest BCUT2D eigenvalue weighted by molar-refractivity contribution is 0.594. The predicted molar refractivity (Wildman–Crippen MR) is 75.2 cm³/mol. The zero-order valence-electron chi connectivity index (χ0n) is 11.1. The zero-order valence-corrected chi connectivity index (χ0v) is 11.9. The summed E-state index contributed by atoms with van der Waals surface area (Å²) >= 11 is 0. The number of hydrogen-bond donors (Lipinski definition) is 0. The summed E-state index contributed by atoms with van der Waals surface area (Å²) < 4.78 is 23.9. The van der Waals surface area contributed by atoms with Crippen molar-refractivity contribution in [1.82, 2.24) is 0 Å². The first kappa shape index (κ1) is 14.8. The van der Waals surface area contributed by atoms with E-state index in [1.54, 1.807) is 12.1 Å². The second kappa shape index (κ2) is 7.23. The molecule has 0 spiro atoms. The first-order valence-electron chi connectivity index (χ1n) is 6.37. The van der Waals surface area contributed by atoms with Crippen LogP contribution in [0.1, 0.15) is 38.7 Å². The van der Waals surface area contributed by atoms with Gasteiger partial charge in [0.2, 0.25) is 0 Å². The summed E-state index contributed by atoms with van der Waals surface area (Å²) in [6.07, 6.45) is 3.10. The summed E-state index contributed by atoms with van der Waals surface area (Å²) in [7, 11) is -3.10. The van der Waals surface area contributed by atoms with Crippen molar-refractivity contribution in [2.75, 3.05) is 5.75 Å². The lowest BCUT2D eigenvalue weighted by atomic mass is 10.1. The van der Waals surface area contributed by atoms with Crippen molar-refractivity contribution in [3.63, 3.8) is 0 Å². The highest BCUT2D eigenvalue weighted by Crippen LogP contribution is 2.15. The minimum atomic E-state index is -3.10. The lowest BCUT2D eigenvalue weighted by Gasteiger charge is -2.05. The van der Waals surface area contributed by atoms with Gasteiger partial charge in [-0.1, -0.05) is 26.0 Å². The van der Waals surface area contributed by atoms with Gasteiger partial charge in [0.25, 0.3) is 0 Å². The normalized spacial score (nSPS) is 10.8. The second-order valence-electron chi connectivity index (χ2n) is 4.17. The molecule has 0 saturated heterocycles. The summed E-state index contributed by atoms with van der Waals surface area (Å²) in [5, 5.41) is 0. The average molecular weight is 264 g/mol. The zero-order chi connectivity index (χ0) is 13.4. The van der Waals surface area contributed by atoms with Crippen LogP contribution in [0.5, 0.6) is 0 Å². The smallest absolute Gasteiger partial charge is 0.178 e. The van der Waals surface area contributed by atoms with Crippen molar-refractivity contribution < 1.29 is 8.42 Å². The molecule has 0 fully saturated rings. The van der Waals surface area contributed by atoms with Crippen LogP contribution in [0.15, 0.2) is 29.2 Å². The van der Waals surface area contributed by atoms with E-state index in [4.69, 9.17) is 0 Å². The highest BCUT2D eigenvalue weighted by Gasteiger charge is 2.12. The fourth-order valence-electron chi connectivity index (χ4n) is 1.70. The molecule has 0 unspecified atom stereocenters. The van der Waals surface area contributed by atoms with Crippen molar-refractivity contribution >= 4 is 9.84 Å². The fraction of sp³-hybridized carbons (Fsp3) is 0.467. The Morgan fingerprint density at radius 2 is 1.94 bits per heavy atom. The molecular formula is C15H20O2S. The summed E-state index contributed by atoms with van der Waals surface area (Å²) in [6.45, 7) is 3.90. The molecule has 0 aromatic heterocycles. The molecule has 0 saturated carbocycles. The van der Waals surface area contributed by atoms with Crippen LogP contribution >= 0.6 is 0 Å². The highest BCUT2D eigenvalue weighted by atomic mass is 32.2. The molecule has 1 aromatic rings. The molecule has 3 heteroatoms. The molecule has 0 radical (unpaired) electrons. The minimum absolute atomic E-state index is 0.214. The lowest BCUT2D eigenvalue weighted by Crippen LogP contribution is -2.06. The van der Waals surface area contributed by atoms with Crippen LogP contribution in [-0.2, 0) is 16.3 Å². The van der Waals surface area contributed by atoms with E-state index in [1.807, 2.05) is 26.0 Å². The van der Waals surface area contributed by atoms with Crippen LogP contribution in [-0.4, -0.2) is 14.2 Å². The summed E-state index contributed by atoms with van der Waals surface area (Å²) in [6, 6.07) is 7.22. The van der Waals surface area contributed by atoms with Gasteiger partial charge in [0.1, 0.15) is 0 Å². The van der Waals surface area contributed by atoms with Crippen LogP contribution in [0.4, 0.5) is 0 Å². The van der Waals surface area contributed by atoms with Gasteiger partial charge < -0.3 is 0 Å². The molecule has 0 atom stereocenters. The Bertz CT molecular complexity index is 533. The Labute approximate surface area is 110 Å². The maximum Gasteiger partial charge on any atom is 0.178 e. The topological polar surface area (TPSA) is 34.1 Å². The average Bonchev–Trinajstić information content (AvgIpc) is 2.35. The third-order valence-corrected chi connectivity index (χ3v) is 4.49. The Morgan fingerprint density at radius 1 is 1.17 bits per heavy atom. The Kier molecular flexibility index (Phi) is 5.94. The number of hydrogen-bond acceptors (Lipinski definition) is 2. The Morgan fingerprint density at radius 3 is 2.61 bits per heavy atom. The van der Waals surface area contributed by atoms with Crippen molar-refractivity contribution in [3.05, 3.63) is 29.8 Å². The summed E-state index contributed by atoms with van der Waals surface area (Å²) in [4.78, 5) is 0.435. The fourth-order valence-corrected chi connectivity index (χ4v) is 3.09. The van der Waals surface area contributed by atoms with Gasteiger partial charge in [-0.2, -0.15) is 0 Å². The monoisotopic (exact) mass is 264 g/mol. The van der Waals surface area contributed by atoms with Gasteiger partial charge in [-0.25, -0.2) is 8.42 Å². The van der Waals surface area contributed by atoms with Gasteiger partial charge in [-0.15, -0.1) is 11.8 Å². The van der Waals surface area contributed by atoms with Crippen LogP contribution in [0.3, 0.4) is 0 Å². The molecule has 0 aliphatic heterocycles. The number of benzene rings is 1. The molecule has 18 heavy (non-hydrogen) atoms. The molecule has 0 aliphatic carbocycles. The third kappa shape index (κ3) is 4.54. The first-order valence-corrected chi connectivity index (χ1v) is 8.02. The van der Waals surface area contributed by atoms with Crippen LogP contribution in [0, 0.1) is 11.8 Å². The van der Waals surface area contributed by atoms with Crippen molar-refractivity contribution in [3.8, 4) is 11.8 Å². The maximum absolute atomic E-state index is 11.9. The van der Waals surface area contributed by atoms with E-state index in [1.165, 1.54) is 0 Å². The van der Waals surface area contributed by atoms with Gasteiger partial charge >= 0.3 is 0 Å². The number of aryl methyl sites for hydroxylation is 1. The predicted octanol–water partition coefficient (Wildman–Crippen LogP) is 3.22. The van der Waals surface area contributed by atoms with Crippen LogP contribution in [0.2, 0.25) is 0 Å². The largest absolute Gasteiger partial charge is 0.224 e. The Hall–Kier alpha value is -1.27. The van der Waals surface area contributed by atoms with Gasteiger partial charge in [-0.3, -0.25) is 0 Å². The van der Waals surface area contributed by atoms with E-state index in [0.29, 0.717) is 11.3 Å². The minimum Gasteiger partial charge on any atom is -0.224 e. The van der Waals surface area contributed by atoms with E-state index < -0.39 is 9.84 Å². The van der Waals surface area contributed by atoms with Crippen molar-refractivity contribution in [2.45, 2.75) is 44.4 Å². The van der Waals surface area contributed by atoms with Gasteiger partial charge in [-0.05, 0) is 30.5 Å².